The maximum Gasteiger partial charge on any atom is 0.228 e. The van der Waals surface area contributed by atoms with Crippen LogP contribution in [0, 0.1) is 5.92 Å². The summed E-state index contributed by atoms with van der Waals surface area (Å²) in [4.78, 5) is 23.2. The minimum Gasteiger partial charge on any atom is -0.350 e. The lowest BCUT2D eigenvalue weighted by atomic mass is 10.0. The molecule has 1 unspecified atom stereocenters. The molecule has 1 aliphatic rings. The van der Waals surface area contributed by atoms with Gasteiger partial charge in [-0.05, 0) is 36.5 Å². The third-order valence-corrected chi connectivity index (χ3v) is 3.58. The Morgan fingerprint density at radius 3 is 2.80 bits per heavy atom. The fourth-order valence-corrected chi connectivity index (χ4v) is 2.34. The molecule has 0 radical (unpaired) electrons. The molecule has 0 aromatic heterocycles. The number of hydrogen-bond donors (Lipinski definition) is 2. The largest absolute Gasteiger partial charge is 0.350 e. The first-order valence-corrected chi connectivity index (χ1v) is 7.17. The summed E-state index contributed by atoms with van der Waals surface area (Å²) in [5, 5.41) is 5.82. The summed E-state index contributed by atoms with van der Waals surface area (Å²) < 4.78 is 0. The zero-order valence-electron chi connectivity index (χ0n) is 12.3. The van der Waals surface area contributed by atoms with E-state index in [2.05, 4.69) is 24.5 Å². The molecule has 2 N–H and O–H groups in total. The Kier molecular flexibility index (Phi) is 4.42. The second kappa shape index (κ2) is 6.07. The van der Waals surface area contributed by atoms with E-state index in [1.807, 2.05) is 25.1 Å². The van der Waals surface area contributed by atoms with E-state index in [1.165, 1.54) is 0 Å². The third kappa shape index (κ3) is 3.59. The van der Waals surface area contributed by atoms with Crippen molar-refractivity contribution in [3.8, 4) is 0 Å². The average Bonchev–Trinajstić information content (AvgIpc) is 2.75. The Hall–Kier alpha value is -1.84. The third-order valence-electron chi connectivity index (χ3n) is 3.58. The van der Waals surface area contributed by atoms with E-state index in [-0.39, 0.29) is 17.9 Å². The molecule has 20 heavy (non-hydrogen) atoms. The van der Waals surface area contributed by atoms with Crippen molar-refractivity contribution in [2.75, 3.05) is 5.32 Å². The Morgan fingerprint density at radius 1 is 1.35 bits per heavy atom. The first-order chi connectivity index (χ1) is 9.45. The van der Waals surface area contributed by atoms with E-state index in [0.717, 1.165) is 23.2 Å². The van der Waals surface area contributed by atoms with Crippen LogP contribution < -0.4 is 10.6 Å². The molecule has 2 rings (SSSR count). The van der Waals surface area contributed by atoms with Crippen LogP contribution in [0.3, 0.4) is 0 Å². The fourth-order valence-electron chi connectivity index (χ4n) is 2.34. The summed E-state index contributed by atoms with van der Waals surface area (Å²) in [6.45, 7) is 6.20. The highest BCUT2D eigenvalue weighted by Gasteiger charge is 2.19. The summed E-state index contributed by atoms with van der Waals surface area (Å²) >= 11 is 0. The number of hydrogen-bond acceptors (Lipinski definition) is 2. The van der Waals surface area contributed by atoms with Crippen molar-refractivity contribution >= 4 is 17.5 Å². The summed E-state index contributed by atoms with van der Waals surface area (Å²) in [6.07, 6.45) is 1.89. The van der Waals surface area contributed by atoms with Crippen molar-refractivity contribution in [3.63, 3.8) is 0 Å². The Balaban J connectivity index is 1.96. The smallest absolute Gasteiger partial charge is 0.228 e. The molecule has 108 valence electrons. The number of benzene rings is 1. The van der Waals surface area contributed by atoms with Gasteiger partial charge >= 0.3 is 0 Å². The molecule has 4 heteroatoms. The monoisotopic (exact) mass is 274 g/mol. The van der Waals surface area contributed by atoms with E-state index in [0.29, 0.717) is 18.8 Å². The van der Waals surface area contributed by atoms with Crippen LogP contribution in [0.1, 0.15) is 50.8 Å². The SMILES string of the molecule is CC(C)CCC(=O)NC(C)c1ccc2c(c1)CC(=O)N2. The number of carbonyl (C=O) groups excluding carboxylic acids is 2. The number of anilines is 1. The highest BCUT2D eigenvalue weighted by Crippen LogP contribution is 2.26. The van der Waals surface area contributed by atoms with Gasteiger partial charge in [0.25, 0.3) is 0 Å². The number of fused-ring (bicyclic) bond motifs is 1. The van der Waals surface area contributed by atoms with E-state index in [1.54, 1.807) is 0 Å². The molecule has 0 fully saturated rings. The summed E-state index contributed by atoms with van der Waals surface area (Å²) in [5.41, 5.74) is 2.94. The quantitative estimate of drug-likeness (QED) is 0.867. The van der Waals surface area contributed by atoms with Gasteiger partial charge in [0, 0.05) is 12.1 Å². The van der Waals surface area contributed by atoms with Crippen LogP contribution in [0.2, 0.25) is 0 Å². The lowest BCUT2D eigenvalue weighted by molar-refractivity contribution is -0.122. The van der Waals surface area contributed by atoms with Crippen molar-refractivity contribution in [2.24, 2.45) is 5.92 Å². The van der Waals surface area contributed by atoms with Gasteiger partial charge in [-0.1, -0.05) is 26.0 Å². The van der Waals surface area contributed by atoms with Gasteiger partial charge in [0.2, 0.25) is 11.8 Å². The topological polar surface area (TPSA) is 58.2 Å². The molecule has 1 heterocycles. The predicted octanol–water partition coefficient (Wildman–Crippen LogP) is 2.79. The lowest BCUT2D eigenvalue weighted by Gasteiger charge is -2.15. The minimum absolute atomic E-state index is 0.0318. The number of amides is 2. The molecule has 0 aliphatic carbocycles. The van der Waals surface area contributed by atoms with Gasteiger partial charge in [0.1, 0.15) is 0 Å². The number of carbonyl (C=O) groups is 2. The van der Waals surface area contributed by atoms with Crippen molar-refractivity contribution < 1.29 is 9.59 Å². The highest BCUT2D eigenvalue weighted by molar-refractivity contribution is 5.99. The summed E-state index contributed by atoms with van der Waals surface area (Å²) in [7, 11) is 0. The molecule has 0 spiro atoms. The molecule has 1 aromatic rings. The van der Waals surface area contributed by atoms with Gasteiger partial charge < -0.3 is 10.6 Å². The van der Waals surface area contributed by atoms with Crippen LogP contribution in [0.25, 0.3) is 0 Å². The lowest BCUT2D eigenvalue weighted by Crippen LogP contribution is -2.26. The number of rotatable bonds is 5. The normalized spacial score (nSPS) is 14.9. The predicted molar refractivity (Wildman–Crippen MR) is 79.4 cm³/mol. The molecule has 0 saturated carbocycles. The molecule has 1 aromatic carbocycles. The van der Waals surface area contributed by atoms with Gasteiger partial charge in [-0.2, -0.15) is 0 Å². The minimum atomic E-state index is -0.0318. The number of nitrogens with one attached hydrogen (secondary N) is 2. The average molecular weight is 274 g/mol. The molecular weight excluding hydrogens is 252 g/mol. The van der Waals surface area contributed by atoms with Gasteiger partial charge in [-0.3, -0.25) is 9.59 Å². The molecule has 1 aliphatic heterocycles. The Labute approximate surface area is 119 Å². The van der Waals surface area contributed by atoms with E-state index in [4.69, 9.17) is 0 Å². The van der Waals surface area contributed by atoms with E-state index >= 15 is 0 Å². The van der Waals surface area contributed by atoms with Crippen LogP contribution in [0.4, 0.5) is 5.69 Å². The van der Waals surface area contributed by atoms with Crippen molar-refractivity contribution in [1.29, 1.82) is 0 Å². The van der Waals surface area contributed by atoms with Gasteiger partial charge in [0.05, 0.1) is 12.5 Å². The van der Waals surface area contributed by atoms with Crippen LogP contribution in [-0.2, 0) is 16.0 Å². The Morgan fingerprint density at radius 2 is 2.10 bits per heavy atom. The zero-order valence-corrected chi connectivity index (χ0v) is 12.3. The van der Waals surface area contributed by atoms with Crippen molar-refractivity contribution in [3.05, 3.63) is 29.3 Å². The molecule has 0 bridgehead atoms. The first kappa shape index (κ1) is 14.6. The van der Waals surface area contributed by atoms with Gasteiger partial charge in [0.15, 0.2) is 0 Å². The molecule has 4 nitrogen and oxygen atoms in total. The second-order valence-electron chi connectivity index (χ2n) is 5.86. The zero-order chi connectivity index (χ0) is 14.7. The van der Waals surface area contributed by atoms with Gasteiger partial charge in [-0.15, -0.1) is 0 Å². The van der Waals surface area contributed by atoms with Crippen LogP contribution in [0.15, 0.2) is 18.2 Å². The van der Waals surface area contributed by atoms with Gasteiger partial charge in [-0.25, -0.2) is 0 Å². The summed E-state index contributed by atoms with van der Waals surface area (Å²) in [6, 6.07) is 5.83. The second-order valence-corrected chi connectivity index (χ2v) is 5.86. The van der Waals surface area contributed by atoms with Crippen LogP contribution >= 0.6 is 0 Å². The first-order valence-electron chi connectivity index (χ1n) is 7.17. The maximum atomic E-state index is 11.8. The molecule has 2 amide bonds. The fraction of sp³-hybridized carbons (Fsp3) is 0.500. The van der Waals surface area contributed by atoms with Crippen molar-refractivity contribution in [2.45, 2.75) is 46.1 Å². The summed E-state index contributed by atoms with van der Waals surface area (Å²) in [5.74, 6) is 0.653. The molecule has 0 saturated heterocycles. The van der Waals surface area contributed by atoms with Crippen LogP contribution in [-0.4, -0.2) is 11.8 Å². The highest BCUT2D eigenvalue weighted by atomic mass is 16.2. The standard InChI is InChI=1S/C16H22N2O2/c1-10(2)4-7-15(19)17-11(3)12-5-6-14-13(8-12)9-16(20)18-14/h5-6,8,10-11H,4,7,9H2,1-3H3,(H,17,19)(H,18,20). The van der Waals surface area contributed by atoms with E-state index < -0.39 is 0 Å². The molecular formula is C16H22N2O2. The maximum absolute atomic E-state index is 11.8. The van der Waals surface area contributed by atoms with Crippen LogP contribution in [0.5, 0.6) is 0 Å². The van der Waals surface area contributed by atoms with Crippen molar-refractivity contribution in [1.82, 2.24) is 5.32 Å². The molecule has 1 atom stereocenters. The Bertz CT molecular complexity index is 523. The van der Waals surface area contributed by atoms with E-state index in [9.17, 15) is 9.59 Å².